The summed E-state index contributed by atoms with van der Waals surface area (Å²) < 4.78 is 14.8. The molecular weight excluding hydrogens is 395 g/mol. The lowest BCUT2D eigenvalue weighted by atomic mass is 9.85. The van der Waals surface area contributed by atoms with Crippen molar-refractivity contribution in [3.63, 3.8) is 0 Å². The second-order valence-electron chi connectivity index (χ2n) is 7.62. The lowest BCUT2D eigenvalue weighted by molar-refractivity contribution is -0.116. The SMILES string of the molecule is Cc1ccc([C@@H]2CC(=O)Nc3c2c(C)nn3-c2nncc(-c3ccc(F)cc3)n2)cc1. The average molecular weight is 414 g/mol. The maximum atomic E-state index is 13.3. The molecule has 1 atom stereocenters. The van der Waals surface area contributed by atoms with Gasteiger partial charge in [-0.3, -0.25) is 4.79 Å². The summed E-state index contributed by atoms with van der Waals surface area (Å²) in [6.45, 7) is 3.94. The van der Waals surface area contributed by atoms with Gasteiger partial charge in [0.1, 0.15) is 11.6 Å². The second-order valence-corrected chi connectivity index (χ2v) is 7.62. The number of halogens is 1. The number of hydrogen-bond donors (Lipinski definition) is 1. The fourth-order valence-corrected chi connectivity index (χ4v) is 3.92. The molecule has 0 fully saturated rings. The van der Waals surface area contributed by atoms with E-state index in [2.05, 4.69) is 25.6 Å². The van der Waals surface area contributed by atoms with Gasteiger partial charge in [-0.1, -0.05) is 29.8 Å². The summed E-state index contributed by atoms with van der Waals surface area (Å²) in [4.78, 5) is 17.1. The van der Waals surface area contributed by atoms with Crippen molar-refractivity contribution < 1.29 is 9.18 Å². The van der Waals surface area contributed by atoms with Crippen molar-refractivity contribution in [1.82, 2.24) is 25.0 Å². The molecule has 0 unspecified atom stereocenters. The van der Waals surface area contributed by atoms with Crippen molar-refractivity contribution in [2.45, 2.75) is 26.2 Å². The molecule has 0 saturated heterocycles. The van der Waals surface area contributed by atoms with Crippen LogP contribution in [0.15, 0.2) is 54.7 Å². The van der Waals surface area contributed by atoms with Crippen LogP contribution >= 0.6 is 0 Å². The van der Waals surface area contributed by atoms with Crippen LogP contribution in [0.5, 0.6) is 0 Å². The van der Waals surface area contributed by atoms with Gasteiger partial charge in [0, 0.05) is 23.5 Å². The number of hydrogen-bond acceptors (Lipinski definition) is 5. The standard InChI is InChI=1S/C23H19FN6O/c1-13-3-5-15(6-4-13)18-11-20(31)27-22-21(18)14(2)29-30(22)23-26-19(12-25-28-23)16-7-9-17(24)10-8-16/h3-10,12,18H,11H2,1-2H3,(H,27,31)/t18-/m0/s1. The Balaban J connectivity index is 1.60. The molecule has 2 aromatic heterocycles. The molecule has 8 heteroatoms. The molecule has 154 valence electrons. The second kappa shape index (κ2) is 7.39. The third kappa shape index (κ3) is 3.46. The molecule has 31 heavy (non-hydrogen) atoms. The number of nitrogens with one attached hydrogen (secondary N) is 1. The smallest absolute Gasteiger partial charge is 0.272 e. The maximum Gasteiger partial charge on any atom is 0.272 e. The number of carbonyl (C=O) groups excluding carboxylic acids is 1. The van der Waals surface area contributed by atoms with E-state index < -0.39 is 0 Å². The van der Waals surface area contributed by atoms with E-state index in [0.717, 1.165) is 22.4 Å². The van der Waals surface area contributed by atoms with Crippen molar-refractivity contribution in [2.24, 2.45) is 0 Å². The Morgan fingerprint density at radius 1 is 1.06 bits per heavy atom. The largest absolute Gasteiger partial charge is 0.310 e. The van der Waals surface area contributed by atoms with Crippen molar-refractivity contribution in [3.8, 4) is 17.2 Å². The average Bonchev–Trinajstić information content (AvgIpc) is 3.10. The summed E-state index contributed by atoms with van der Waals surface area (Å²) in [6, 6.07) is 14.2. The van der Waals surface area contributed by atoms with Gasteiger partial charge in [-0.15, -0.1) is 5.10 Å². The summed E-state index contributed by atoms with van der Waals surface area (Å²) >= 11 is 0. The van der Waals surface area contributed by atoms with Crippen molar-refractivity contribution in [1.29, 1.82) is 0 Å². The van der Waals surface area contributed by atoms with Crippen LogP contribution in [-0.2, 0) is 4.79 Å². The Hall–Kier alpha value is -3.94. The van der Waals surface area contributed by atoms with Crippen LogP contribution in [0.3, 0.4) is 0 Å². The topological polar surface area (TPSA) is 85.6 Å². The highest BCUT2D eigenvalue weighted by molar-refractivity contribution is 5.95. The Morgan fingerprint density at radius 3 is 2.55 bits per heavy atom. The van der Waals surface area contributed by atoms with E-state index in [1.54, 1.807) is 12.1 Å². The van der Waals surface area contributed by atoms with E-state index in [0.29, 0.717) is 23.5 Å². The lowest BCUT2D eigenvalue weighted by Crippen LogP contribution is -2.25. The predicted molar refractivity (Wildman–Crippen MR) is 113 cm³/mol. The van der Waals surface area contributed by atoms with E-state index >= 15 is 0 Å². The molecule has 0 bridgehead atoms. The zero-order valence-corrected chi connectivity index (χ0v) is 17.0. The molecule has 0 aliphatic carbocycles. The van der Waals surface area contributed by atoms with Crippen LogP contribution in [0.1, 0.15) is 34.7 Å². The molecule has 3 heterocycles. The highest BCUT2D eigenvalue weighted by Crippen LogP contribution is 2.39. The zero-order chi connectivity index (χ0) is 21.5. The van der Waals surface area contributed by atoms with Crippen LogP contribution < -0.4 is 5.32 Å². The van der Waals surface area contributed by atoms with Gasteiger partial charge in [0.25, 0.3) is 5.95 Å². The van der Waals surface area contributed by atoms with Crippen LogP contribution in [-0.4, -0.2) is 30.9 Å². The Labute approximate surface area is 178 Å². The quantitative estimate of drug-likeness (QED) is 0.549. The monoisotopic (exact) mass is 414 g/mol. The molecule has 1 N–H and O–H groups in total. The minimum atomic E-state index is -0.326. The summed E-state index contributed by atoms with van der Waals surface area (Å²) in [5.74, 6) is 0.259. The summed E-state index contributed by atoms with van der Waals surface area (Å²) in [5, 5.41) is 15.7. The maximum absolute atomic E-state index is 13.3. The van der Waals surface area contributed by atoms with Gasteiger partial charge >= 0.3 is 0 Å². The van der Waals surface area contributed by atoms with Gasteiger partial charge in [-0.2, -0.15) is 14.9 Å². The van der Waals surface area contributed by atoms with Crippen LogP contribution in [0.2, 0.25) is 0 Å². The van der Waals surface area contributed by atoms with E-state index in [1.807, 2.05) is 38.1 Å². The molecule has 2 aromatic carbocycles. The summed E-state index contributed by atoms with van der Waals surface area (Å²) in [5.41, 5.74) is 5.19. The van der Waals surface area contributed by atoms with Gasteiger partial charge in [0.05, 0.1) is 17.6 Å². The summed E-state index contributed by atoms with van der Waals surface area (Å²) in [7, 11) is 0. The first-order valence-corrected chi connectivity index (χ1v) is 9.91. The number of benzene rings is 2. The lowest BCUT2D eigenvalue weighted by Gasteiger charge is -2.24. The van der Waals surface area contributed by atoms with E-state index in [-0.39, 0.29) is 23.6 Å². The number of nitrogens with zero attached hydrogens (tertiary/aromatic N) is 5. The molecule has 4 aromatic rings. The van der Waals surface area contributed by atoms with Gasteiger partial charge < -0.3 is 5.32 Å². The van der Waals surface area contributed by atoms with Crippen molar-refractivity contribution >= 4 is 11.7 Å². The molecule has 7 nitrogen and oxygen atoms in total. The third-order valence-corrected chi connectivity index (χ3v) is 5.46. The molecule has 1 aliphatic heterocycles. The Bertz CT molecular complexity index is 1280. The van der Waals surface area contributed by atoms with Crippen molar-refractivity contribution in [2.75, 3.05) is 5.32 Å². The first-order valence-electron chi connectivity index (χ1n) is 9.91. The third-order valence-electron chi connectivity index (χ3n) is 5.46. The fourth-order valence-electron chi connectivity index (χ4n) is 3.92. The van der Waals surface area contributed by atoms with Gasteiger partial charge in [0.15, 0.2) is 0 Å². The number of aryl methyl sites for hydroxylation is 2. The number of carbonyl (C=O) groups is 1. The molecule has 1 amide bonds. The van der Waals surface area contributed by atoms with Gasteiger partial charge in [-0.05, 0) is 43.7 Å². The minimum absolute atomic E-state index is 0.0955. The number of aromatic nitrogens is 5. The first kappa shape index (κ1) is 19.0. The van der Waals surface area contributed by atoms with Gasteiger partial charge in [0.2, 0.25) is 5.91 Å². The zero-order valence-electron chi connectivity index (χ0n) is 17.0. The first-order chi connectivity index (χ1) is 15.0. The molecule has 0 radical (unpaired) electrons. The van der Waals surface area contributed by atoms with E-state index in [9.17, 15) is 9.18 Å². The van der Waals surface area contributed by atoms with E-state index in [1.165, 1.54) is 23.0 Å². The van der Waals surface area contributed by atoms with E-state index in [4.69, 9.17) is 0 Å². The van der Waals surface area contributed by atoms with Crippen LogP contribution in [0.25, 0.3) is 17.2 Å². The summed E-state index contributed by atoms with van der Waals surface area (Å²) in [6.07, 6.45) is 1.85. The fraction of sp³-hybridized carbons (Fsp3) is 0.174. The Morgan fingerprint density at radius 2 is 1.81 bits per heavy atom. The normalized spacial score (nSPS) is 15.5. The molecule has 5 rings (SSSR count). The Kier molecular flexibility index (Phi) is 4.54. The number of anilines is 1. The molecule has 0 spiro atoms. The molecular formula is C23H19FN6O. The minimum Gasteiger partial charge on any atom is -0.310 e. The number of fused-ring (bicyclic) bond motifs is 1. The number of rotatable bonds is 3. The van der Waals surface area contributed by atoms with Gasteiger partial charge in [-0.25, -0.2) is 9.37 Å². The highest BCUT2D eigenvalue weighted by atomic mass is 19.1. The number of amides is 1. The van der Waals surface area contributed by atoms with Crippen molar-refractivity contribution in [3.05, 3.63) is 82.9 Å². The van der Waals surface area contributed by atoms with Crippen LogP contribution in [0, 0.1) is 19.7 Å². The highest BCUT2D eigenvalue weighted by Gasteiger charge is 2.33. The molecule has 0 saturated carbocycles. The molecule has 1 aliphatic rings. The predicted octanol–water partition coefficient (Wildman–Crippen LogP) is 3.95. The van der Waals surface area contributed by atoms with Crippen LogP contribution in [0.4, 0.5) is 10.2 Å².